The van der Waals surface area contributed by atoms with Gasteiger partial charge in [0.25, 0.3) is 0 Å². The van der Waals surface area contributed by atoms with Gasteiger partial charge in [0.1, 0.15) is 0 Å². The van der Waals surface area contributed by atoms with Gasteiger partial charge in [0.15, 0.2) is 0 Å². The van der Waals surface area contributed by atoms with E-state index in [0.29, 0.717) is 0 Å². The Kier molecular flexibility index (Phi) is 18.0. The van der Waals surface area contributed by atoms with Gasteiger partial charge >= 0.3 is 58.2 Å². The molecule has 0 saturated heterocycles. The molecule has 0 spiro atoms. The molecule has 0 radical (unpaired) electrons. The third-order valence-corrected chi connectivity index (χ3v) is 0.998. The average Bonchev–Trinajstić information content (AvgIpc) is 1.69. The smallest absolute Gasteiger partial charge is 0.854 e. The second-order valence-electron chi connectivity index (χ2n) is 1.76. The molecule has 0 bridgehead atoms. The molecule has 0 amide bonds. The normalized spacial score (nSPS) is 8.25. The van der Waals surface area contributed by atoms with Crippen molar-refractivity contribution < 1.29 is 63.3 Å². The zero-order valence-corrected chi connectivity index (χ0v) is 10.9. The molecule has 0 N–H and O–H groups in total. The van der Waals surface area contributed by atoms with Gasteiger partial charge in [0.05, 0.1) is 0 Å². The molecule has 0 aliphatic carbocycles. The molecule has 8 heavy (non-hydrogen) atoms. The summed E-state index contributed by atoms with van der Waals surface area (Å²) >= 11 is 0. The molecule has 0 fully saturated rings. The minimum absolute atomic E-state index is 0. The van der Waals surface area contributed by atoms with Crippen LogP contribution < -0.4 is 63.3 Å². The third kappa shape index (κ3) is 10.7. The van der Waals surface area contributed by atoms with Crippen molar-refractivity contribution in [1.29, 1.82) is 0 Å². The van der Waals surface area contributed by atoms with Crippen LogP contribution in [0, 0.1) is 0 Å². The van der Waals surface area contributed by atoms with Crippen LogP contribution in [0.15, 0.2) is 0 Å². The van der Waals surface area contributed by atoms with Crippen molar-refractivity contribution in [3.05, 3.63) is 0 Å². The maximum absolute atomic E-state index is 9.80. The fraction of sp³-hybridized carbons (Fsp3) is 1.00. The number of hydrogen-bond acceptors (Lipinski definition) is 1. The van der Waals surface area contributed by atoms with Crippen molar-refractivity contribution in [2.24, 2.45) is 0 Å². The fourth-order valence-electron chi connectivity index (χ4n) is 0.529. The molecule has 0 aromatic rings. The summed E-state index contributed by atoms with van der Waals surface area (Å²) < 4.78 is 0. The standard InChI is InChI=1S/C6H13O.Rb/c1-2-3-4-5-6-7;/h2-6H2,1H3;/q-1;+1. The van der Waals surface area contributed by atoms with Crippen molar-refractivity contribution in [3.8, 4) is 0 Å². The SMILES string of the molecule is CCCCCC[O-].[Rb+]. The Balaban J connectivity index is 0. The molecule has 44 valence electrons. The van der Waals surface area contributed by atoms with Gasteiger partial charge in [0, 0.05) is 0 Å². The summed E-state index contributed by atoms with van der Waals surface area (Å²) in [5.41, 5.74) is 0. The fourth-order valence-corrected chi connectivity index (χ4v) is 0.529. The van der Waals surface area contributed by atoms with Crippen molar-refractivity contribution in [2.75, 3.05) is 6.61 Å². The van der Waals surface area contributed by atoms with Crippen LogP contribution in [-0.2, 0) is 0 Å². The van der Waals surface area contributed by atoms with E-state index < -0.39 is 0 Å². The van der Waals surface area contributed by atoms with Crippen molar-refractivity contribution >= 4 is 0 Å². The van der Waals surface area contributed by atoms with Gasteiger partial charge < -0.3 is 5.11 Å². The van der Waals surface area contributed by atoms with E-state index in [1.54, 1.807) is 0 Å². The molecule has 0 saturated carbocycles. The van der Waals surface area contributed by atoms with Crippen LogP contribution in [-0.4, -0.2) is 6.61 Å². The Morgan fingerprint density at radius 3 is 2.12 bits per heavy atom. The van der Waals surface area contributed by atoms with Crippen LogP contribution >= 0.6 is 0 Å². The van der Waals surface area contributed by atoms with E-state index in [2.05, 4.69) is 6.92 Å². The minimum atomic E-state index is 0. The molecule has 0 heterocycles. The Bertz CT molecular complexity index is 27.7. The molecular weight excluding hydrogens is 174 g/mol. The van der Waals surface area contributed by atoms with E-state index in [9.17, 15) is 5.11 Å². The molecule has 2 heteroatoms. The molecule has 0 aromatic heterocycles. The van der Waals surface area contributed by atoms with Crippen molar-refractivity contribution in [2.45, 2.75) is 32.6 Å². The van der Waals surface area contributed by atoms with Gasteiger partial charge in [-0.3, -0.25) is 0 Å². The molecule has 0 atom stereocenters. The summed E-state index contributed by atoms with van der Waals surface area (Å²) in [6.45, 7) is 2.25. The Morgan fingerprint density at radius 1 is 1.12 bits per heavy atom. The van der Waals surface area contributed by atoms with Gasteiger partial charge in [-0.1, -0.05) is 32.6 Å². The zero-order chi connectivity index (χ0) is 5.54. The first-order valence-electron chi connectivity index (χ1n) is 3.00. The van der Waals surface area contributed by atoms with Gasteiger partial charge in [-0.15, -0.1) is 6.61 Å². The molecule has 0 aliphatic heterocycles. The number of hydrogen-bond donors (Lipinski definition) is 0. The van der Waals surface area contributed by atoms with Crippen LogP contribution in [0.5, 0.6) is 0 Å². The number of rotatable bonds is 4. The van der Waals surface area contributed by atoms with E-state index in [1.807, 2.05) is 0 Å². The molecular formula is C6H13ORb. The van der Waals surface area contributed by atoms with Crippen LogP contribution in [0.3, 0.4) is 0 Å². The van der Waals surface area contributed by atoms with E-state index in [-0.39, 0.29) is 64.8 Å². The molecule has 1 nitrogen and oxygen atoms in total. The summed E-state index contributed by atoms with van der Waals surface area (Å²) in [5.74, 6) is 0. The van der Waals surface area contributed by atoms with Gasteiger partial charge in [-0.05, 0) is 0 Å². The average molecular weight is 187 g/mol. The molecule has 0 rings (SSSR count). The summed E-state index contributed by atoms with van der Waals surface area (Å²) in [7, 11) is 0. The van der Waals surface area contributed by atoms with E-state index in [4.69, 9.17) is 0 Å². The topological polar surface area (TPSA) is 23.1 Å². The summed E-state index contributed by atoms with van der Waals surface area (Å²) in [6.07, 6.45) is 4.44. The van der Waals surface area contributed by atoms with Gasteiger partial charge in [-0.25, -0.2) is 0 Å². The third-order valence-electron chi connectivity index (χ3n) is 0.998. The first-order chi connectivity index (χ1) is 3.41. The van der Waals surface area contributed by atoms with Crippen molar-refractivity contribution in [3.63, 3.8) is 0 Å². The molecule has 0 aliphatic rings. The molecule has 0 aromatic carbocycles. The Hall–Kier alpha value is 1.77. The largest absolute Gasteiger partial charge is 1.00 e. The Morgan fingerprint density at radius 2 is 1.75 bits per heavy atom. The summed E-state index contributed by atoms with van der Waals surface area (Å²) in [5, 5.41) is 9.80. The van der Waals surface area contributed by atoms with E-state index in [1.165, 1.54) is 12.8 Å². The number of unbranched alkanes of at least 4 members (excludes halogenated alkanes) is 3. The van der Waals surface area contributed by atoms with Crippen LogP contribution in [0.2, 0.25) is 0 Å². The van der Waals surface area contributed by atoms with Crippen LogP contribution in [0.25, 0.3) is 0 Å². The zero-order valence-electron chi connectivity index (χ0n) is 5.94. The quantitative estimate of drug-likeness (QED) is 0.463. The van der Waals surface area contributed by atoms with Gasteiger partial charge in [0.2, 0.25) is 0 Å². The van der Waals surface area contributed by atoms with Gasteiger partial charge in [-0.2, -0.15) is 0 Å². The Labute approximate surface area is 101 Å². The summed E-state index contributed by atoms with van der Waals surface area (Å²) in [4.78, 5) is 0. The van der Waals surface area contributed by atoms with E-state index in [0.717, 1.165) is 12.8 Å². The minimum Gasteiger partial charge on any atom is -0.854 e. The maximum Gasteiger partial charge on any atom is 1.00 e. The summed E-state index contributed by atoms with van der Waals surface area (Å²) in [6, 6.07) is 0. The monoisotopic (exact) mass is 186 g/mol. The second kappa shape index (κ2) is 11.5. The first kappa shape index (κ1) is 12.4. The van der Waals surface area contributed by atoms with Crippen LogP contribution in [0.4, 0.5) is 0 Å². The van der Waals surface area contributed by atoms with Crippen LogP contribution in [0.1, 0.15) is 32.6 Å². The van der Waals surface area contributed by atoms with Crippen molar-refractivity contribution in [1.82, 2.24) is 0 Å². The first-order valence-corrected chi connectivity index (χ1v) is 3.00. The second-order valence-corrected chi connectivity index (χ2v) is 1.76. The predicted molar refractivity (Wildman–Crippen MR) is 29.0 cm³/mol. The van der Waals surface area contributed by atoms with E-state index >= 15 is 0 Å². The maximum atomic E-state index is 9.80. The molecule has 0 unspecified atom stereocenters. The predicted octanol–water partition coefficient (Wildman–Crippen LogP) is -2.07.